The van der Waals surface area contributed by atoms with Gasteiger partial charge in [0.15, 0.2) is 0 Å². The molecule has 5 nitrogen and oxygen atoms in total. The van der Waals surface area contributed by atoms with Gasteiger partial charge >= 0.3 is 0 Å². The first-order valence-corrected chi connectivity index (χ1v) is 9.19. The van der Waals surface area contributed by atoms with Crippen LogP contribution < -0.4 is 5.32 Å². The van der Waals surface area contributed by atoms with Gasteiger partial charge in [-0.25, -0.2) is 0 Å². The van der Waals surface area contributed by atoms with Gasteiger partial charge in [-0.05, 0) is 31.0 Å². The van der Waals surface area contributed by atoms with Crippen molar-refractivity contribution in [2.24, 2.45) is 0 Å². The smallest absolute Gasteiger partial charge is 0.242 e. The molecule has 0 saturated carbocycles. The predicted molar refractivity (Wildman–Crippen MR) is 107 cm³/mol. The van der Waals surface area contributed by atoms with Crippen molar-refractivity contribution in [3.63, 3.8) is 0 Å². The van der Waals surface area contributed by atoms with E-state index in [1.807, 2.05) is 74.6 Å². The molecule has 27 heavy (non-hydrogen) atoms. The van der Waals surface area contributed by atoms with E-state index >= 15 is 0 Å². The van der Waals surface area contributed by atoms with Gasteiger partial charge in [0.25, 0.3) is 0 Å². The highest BCUT2D eigenvalue weighted by Crippen LogP contribution is 2.18. The van der Waals surface area contributed by atoms with Gasteiger partial charge < -0.3 is 15.2 Å². The number of hydrogen-bond acceptors (Lipinski definition) is 2. The molecule has 0 spiro atoms. The number of rotatable bonds is 7. The molecule has 0 bridgehead atoms. The monoisotopic (exact) mass is 363 g/mol. The molecule has 0 aliphatic rings. The van der Waals surface area contributed by atoms with Crippen molar-refractivity contribution < 1.29 is 9.59 Å². The van der Waals surface area contributed by atoms with E-state index in [1.165, 1.54) is 0 Å². The zero-order valence-corrected chi connectivity index (χ0v) is 15.7. The van der Waals surface area contributed by atoms with Crippen LogP contribution in [0.25, 0.3) is 10.9 Å². The number of benzene rings is 2. The van der Waals surface area contributed by atoms with Gasteiger partial charge in [-0.15, -0.1) is 0 Å². The van der Waals surface area contributed by atoms with Gasteiger partial charge in [-0.3, -0.25) is 9.59 Å². The van der Waals surface area contributed by atoms with Gasteiger partial charge in [0.05, 0.1) is 13.0 Å². The van der Waals surface area contributed by atoms with Crippen LogP contribution in [0, 0.1) is 0 Å². The van der Waals surface area contributed by atoms with Crippen LogP contribution >= 0.6 is 0 Å². The van der Waals surface area contributed by atoms with Crippen LogP contribution in [0.15, 0.2) is 60.8 Å². The maximum atomic E-state index is 12.6. The number of nitrogens with one attached hydrogen (secondary N) is 2. The average molecular weight is 363 g/mol. The van der Waals surface area contributed by atoms with Crippen molar-refractivity contribution in [2.75, 3.05) is 6.54 Å². The highest BCUT2D eigenvalue weighted by atomic mass is 16.2. The summed E-state index contributed by atoms with van der Waals surface area (Å²) in [6.07, 6.45) is 2.10. The lowest BCUT2D eigenvalue weighted by Gasteiger charge is -2.27. The van der Waals surface area contributed by atoms with Crippen molar-refractivity contribution >= 4 is 22.7 Å². The average Bonchev–Trinajstić information content (AvgIpc) is 3.08. The van der Waals surface area contributed by atoms with E-state index < -0.39 is 0 Å². The van der Waals surface area contributed by atoms with Gasteiger partial charge in [0.2, 0.25) is 11.8 Å². The minimum absolute atomic E-state index is 0.00615. The molecule has 5 heteroatoms. The molecule has 1 aromatic heterocycles. The van der Waals surface area contributed by atoms with E-state index in [1.54, 1.807) is 4.90 Å². The molecule has 0 aliphatic carbocycles. The summed E-state index contributed by atoms with van der Waals surface area (Å²) in [6.45, 7) is 4.51. The number of fused-ring (bicyclic) bond motifs is 1. The summed E-state index contributed by atoms with van der Waals surface area (Å²) in [5.41, 5.74) is 3.01. The Morgan fingerprint density at radius 3 is 2.48 bits per heavy atom. The summed E-state index contributed by atoms with van der Waals surface area (Å²) in [5.74, 6) is -0.238. The summed E-state index contributed by atoms with van der Waals surface area (Å²) in [4.78, 5) is 29.9. The molecule has 0 radical (unpaired) electrons. The van der Waals surface area contributed by atoms with E-state index in [9.17, 15) is 9.59 Å². The lowest BCUT2D eigenvalue weighted by molar-refractivity contribution is -0.134. The van der Waals surface area contributed by atoms with Crippen molar-refractivity contribution in [1.82, 2.24) is 15.2 Å². The number of carbonyl (C=O) groups is 2. The zero-order valence-electron chi connectivity index (χ0n) is 15.7. The lowest BCUT2D eigenvalue weighted by Crippen LogP contribution is -2.43. The van der Waals surface area contributed by atoms with Crippen LogP contribution in [0.3, 0.4) is 0 Å². The SMILES string of the molecule is CC(C)N(Cc1ccccc1)C(=O)CNC(=O)Cc1c[nH]c2ccccc12. The largest absolute Gasteiger partial charge is 0.361 e. The Morgan fingerprint density at radius 2 is 1.74 bits per heavy atom. The minimum atomic E-state index is -0.156. The lowest BCUT2D eigenvalue weighted by atomic mass is 10.1. The molecule has 1 heterocycles. The highest BCUT2D eigenvalue weighted by molar-refractivity contribution is 5.90. The van der Waals surface area contributed by atoms with E-state index in [0.29, 0.717) is 6.54 Å². The standard InChI is InChI=1S/C22H25N3O2/c1-16(2)25(15-17-8-4-3-5-9-17)22(27)14-24-21(26)12-18-13-23-20-11-7-6-10-19(18)20/h3-11,13,16,23H,12,14-15H2,1-2H3,(H,24,26). The van der Waals surface area contributed by atoms with E-state index in [2.05, 4.69) is 10.3 Å². The second-order valence-corrected chi connectivity index (χ2v) is 6.91. The van der Waals surface area contributed by atoms with Crippen molar-refractivity contribution in [1.29, 1.82) is 0 Å². The molecule has 3 rings (SSSR count). The summed E-state index contributed by atoms with van der Waals surface area (Å²) in [6, 6.07) is 17.8. The Morgan fingerprint density at radius 1 is 1.04 bits per heavy atom. The third-order valence-electron chi connectivity index (χ3n) is 4.60. The quantitative estimate of drug-likeness (QED) is 0.677. The van der Waals surface area contributed by atoms with Crippen LogP contribution in [0.1, 0.15) is 25.0 Å². The first-order valence-electron chi connectivity index (χ1n) is 9.19. The number of hydrogen-bond donors (Lipinski definition) is 2. The summed E-state index contributed by atoms with van der Waals surface area (Å²) in [7, 11) is 0. The molecule has 3 aromatic rings. The van der Waals surface area contributed by atoms with E-state index in [4.69, 9.17) is 0 Å². The van der Waals surface area contributed by atoms with Crippen LogP contribution in [0.2, 0.25) is 0 Å². The Labute approximate surface area is 159 Å². The molecule has 0 fully saturated rings. The van der Waals surface area contributed by atoms with Crippen LogP contribution in [0.4, 0.5) is 0 Å². The molecule has 2 amide bonds. The topological polar surface area (TPSA) is 65.2 Å². The normalized spacial score (nSPS) is 10.9. The number of H-pyrrole nitrogens is 1. The predicted octanol–water partition coefficient (Wildman–Crippen LogP) is 3.26. The molecule has 0 unspecified atom stereocenters. The summed E-state index contributed by atoms with van der Waals surface area (Å²) < 4.78 is 0. The number of carbonyl (C=O) groups excluding carboxylic acids is 2. The fourth-order valence-corrected chi connectivity index (χ4v) is 3.13. The maximum absolute atomic E-state index is 12.6. The second kappa shape index (κ2) is 8.54. The fourth-order valence-electron chi connectivity index (χ4n) is 3.13. The molecule has 0 saturated heterocycles. The molecule has 140 valence electrons. The Balaban J connectivity index is 1.57. The van der Waals surface area contributed by atoms with Crippen molar-refractivity contribution in [3.05, 3.63) is 71.9 Å². The second-order valence-electron chi connectivity index (χ2n) is 6.91. The van der Waals surface area contributed by atoms with Crippen LogP contribution in [-0.2, 0) is 22.6 Å². The van der Waals surface area contributed by atoms with Gasteiger partial charge in [0.1, 0.15) is 0 Å². The van der Waals surface area contributed by atoms with Crippen molar-refractivity contribution in [2.45, 2.75) is 32.9 Å². The Kier molecular flexibility index (Phi) is 5.91. The van der Waals surface area contributed by atoms with Gasteiger partial charge in [-0.1, -0.05) is 48.5 Å². The number of aromatic nitrogens is 1. The van der Waals surface area contributed by atoms with E-state index in [0.717, 1.165) is 22.0 Å². The first kappa shape index (κ1) is 18.7. The molecular formula is C22H25N3O2. The fraction of sp³-hybridized carbons (Fsp3) is 0.273. The van der Waals surface area contributed by atoms with Crippen molar-refractivity contribution in [3.8, 4) is 0 Å². The first-order chi connectivity index (χ1) is 13.0. The maximum Gasteiger partial charge on any atom is 0.242 e. The van der Waals surface area contributed by atoms with E-state index in [-0.39, 0.29) is 30.8 Å². The molecular weight excluding hydrogens is 338 g/mol. The third kappa shape index (κ3) is 4.76. The summed E-state index contributed by atoms with van der Waals surface area (Å²) in [5, 5.41) is 3.80. The summed E-state index contributed by atoms with van der Waals surface area (Å²) >= 11 is 0. The molecule has 2 aromatic carbocycles. The van der Waals surface area contributed by atoms with Gasteiger partial charge in [-0.2, -0.15) is 0 Å². The Bertz CT molecular complexity index is 915. The van der Waals surface area contributed by atoms with Crippen LogP contribution in [-0.4, -0.2) is 34.3 Å². The molecule has 0 atom stereocenters. The molecule has 2 N–H and O–H groups in total. The number of amides is 2. The Hall–Kier alpha value is -3.08. The molecule has 0 aliphatic heterocycles. The number of nitrogens with zero attached hydrogens (tertiary/aromatic N) is 1. The zero-order chi connectivity index (χ0) is 19.2. The van der Waals surface area contributed by atoms with Crippen LogP contribution in [0.5, 0.6) is 0 Å². The number of para-hydroxylation sites is 1. The highest BCUT2D eigenvalue weighted by Gasteiger charge is 2.18. The van der Waals surface area contributed by atoms with Gasteiger partial charge in [0, 0.05) is 29.7 Å². The number of aromatic amines is 1. The third-order valence-corrected chi connectivity index (χ3v) is 4.60. The minimum Gasteiger partial charge on any atom is -0.361 e.